The number of hydrogen-bond donors (Lipinski definition) is 7. The number of aromatic nitrogens is 2. The topological polar surface area (TPSA) is 306 Å². The second-order valence-corrected chi connectivity index (χ2v) is 20.4. The van der Waals surface area contributed by atoms with Gasteiger partial charge in [-0.1, -0.05) is 121 Å². The average Bonchev–Trinajstić information content (AvgIpc) is 3.55. The molecular formula is C46H79N3O17P2. The third-order valence-electron chi connectivity index (χ3n) is 10.9. The number of nitrogen functional groups attached to an aromatic ring is 1. The second-order valence-electron chi connectivity index (χ2n) is 17.4. The van der Waals surface area contributed by atoms with Crippen molar-refractivity contribution < 1.29 is 76.5 Å². The lowest BCUT2D eigenvalue weighted by Crippen LogP contribution is -2.36. The number of allylic oxidation sites excluding steroid dienone is 5. The van der Waals surface area contributed by atoms with Crippen molar-refractivity contribution >= 4 is 33.4 Å². The van der Waals surface area contributed by atoms with Crippen molar-refractivity contribution in [3.05, 3.63) is 59.2 Å². The maximum atomic E-state index is 12.9. The van der Waals surface area contributed by atoms with Crippen LogP contribution in [0.5, 0.6) is 0 Å². The Morgan fingerprint density at radius 3 is 2.07 bits per heavy atom. The predicted molar refractivity (Wildman–Crippen MR) is 255 cm³/mol. The zero-order chi connectivity index (χ0) is 50.4. The largest absolute Gasteiger partial charge is 0.481 e. The lowest BCUT2D eigenvalue weighted by atomic mass is 10.0. The summed E-state index contributed by atoms with van der Waals surface area (Å²) < 4.78 is 56.4. The highest BCUT2D eigenvalue weighted by atomic mass is 31.3. The zero-order valence-electron chi connectivity index (χ0n) is 40.0. The summed E-state index contributed by atoms with van der Waals surface area (Å²) in [6.07, 6.45) is 18.5. The number of nitrogens with two attached hydrogens (primary N) is 1. The van der Waals surface area contributed by atoms with Gasteiger partial charge >= 0.3 is 33.3 Å². The average molecular weight is 1010 g/mol. The summed E-state index contributed by atoms with van der Waals surface area (Å²) >= 11 is 0. The van der Waals surface area contributed by atoms with Crippen LogP contribution in [0.4, 0.5) is 5.82 Å². The molecule has 2 rings (SSSR count). The van der Waals surface area contributed by atoms with Crippen LogP contribution in [0, 0.1) is 5.92 Å². The van der Waals surface area contributed by atoms with E-state index in [9.17, 15) is 53.7 Å². The first-order valence-electron chi connectivity index (χ1n) is 24.0. The van der Waals surface area contributed by atoms with E-state index in [1.165, 1.54) is 51.0 Å². The fraction of sp³-hybridized carbons (Fsp3) is 0.739. The quantitative estimate of drug-likeness (QED) is 0.0151. The van der Waals surface area contributed by atoms with Gasteiger partial charge in [0.1, 0.15) is 30.7 Å². The van der Waals surface area contributed by atoms with Crippen molar-refractivity contribution in [2.75, 3.05) is 25.6 Å². The van der Waals surface area contributed by atoms with Crippen molar-refractivity contribution in [1.82, 2.24) is 9.55 Å². The molecule has 0 bridgehead atoms. The van der Waals surface area contributed by atoms with Crippen LogP contribution in [0.15, 0.2) is 53.5 Å². The van der Waals surface area contributed by atoms with E-state index < -0.39 is 95.9 Å². The van der Waals surface area contributed by atoms with E-state index in [1.54, 1.807) is 6.08 Å². The van der Waals surface area contributed by atoms with Crippen LogP contribution < -0.4 is 11.4 Å². The lowest BCUT2D eigenvalue weighted by Gasteiger charge is -2.22. The third-order valence-corrected chi connectivity index (χ3v) is 13.5. The summed E-state index contributed by atoms with van der Waals surface area (Å²) in [7, 11) is -11.0. The summed E-state index contributed by atoms with van der Waals surface area (Å²) in [5.74, 6) is -0.899. The third kappa shape index (κ3) is 27.3. The van der Waals surface area contributed by atoms with E-state index in [0.717, 1.165) is 49.3 Å². The number of rotatable bonds is 38. The Kier molecular flexibility index (Phi) is 30.7. The molecule has 8 N–H and O–H groups in total. The molecule has 1 aliphatic rings. The molecular weight excluding hydrogens is 928 g/mol. The number of nitrogens with zero attached hydrogens (tertiary/aromatic N) is 2. The van der Waals surface area contributed by atoms with E-state index in [1.807, 2.05) is 12.2 Å². The molecule has 2 heterocycles. The fourth-order valence-electron chi connectivity index (χ4n) is 6.95. The van der Waals surface area contributed by atoms with Gasteiger partial charge in [0.05, 0.1) is 25.4 Å². The number of carbonyl (C=O) groups excluding carboxylic acids is 2. The number of esters is 2. The Morgan fingerprint density at radius 1 is 0.794 bits per heavy atom. The molecule has 0 spiro atoms. The number of hydrogen-bond acceptors (Lipinski definition) is 17. The summed E-state index contributed by atoms with van der Waals surface area (Å²) in [6, 6.07) is 1.23. The van der Waals surface area contributed by atoms with Crippen molar-refractivity contribution in [2.24, 2.45) is 5.92 Å². The molecule has 0 aliphatic carbocycles. The number of carbonyl (C=O) groups is 2. The van der Waals surface area contributed by atoms with Gasteiger partial charge in [-0.15, -0.1) is 0 Å². The smallest absolute Gasteiger partial charge is 0.462 e. The summed E-state index contributed by atoms with van der Waals surface area (Å²) in [5, 5.41) is 41.8. The molecule has 1 aromatic heterocycles. The minimum absolute atomic E-state index is 0.0357. The standard InChI is InChI=1S/C46H79N3O17P2/c1-4-5-6-7-8-9-10-11-12-16-19-22-26-37(50)38(51)27-24-29-42(53)64-36(32-61-41(52)28-23-20-17-14-13-15-18-21-25-35(2)3)33-62-67(57,58)66-68(59,60)63-34-39-43(54)44(55)45(65-39)49-31-30-40(47)48-46(49)56/h8-9,11-12,19,22,30-31,35-39,43-45,50-51,54-55H,4-7,10,13-18,20-21,23-29,32-34H2,1-3H3,(H,57,58)(H,59,60)(H2,47,48,56)/b9-8-,12-11-,22-19-/t36-,37?,38?,39-,43-,44-,45-/m1/s1. The highest BCUT2D eigenvalue weighted by Gasteiger charge is 2.46. The van der Waals surface area contributed by atoms with Crippen LogP contribution in [0.2, 0.25) is 0 Å². The number of phosphoric ester groups is 2. The molecule has 1 fully saturated rings. The second kappa shape index (κ2) is 34.3. The van der Waals surface area contributed by atoms with Gasteiger partial charge in [-0.25, -0.2) is 13.9 Å². The number of aliphatic hydroxyl groups is 4. The Bertz CT molecular complexity index is 1830. The van der Waals surface area contributed by atoms with Gasteiger partial charge in [-0.2, -0.15) is 9.29 Å². The Hall–Kier alpha value is -3.10. The molecule has 1 aromatic rings. The van der Waals surface area contributed by atoms with Crippen LogP contribution >= 0.6 is 15.6 Å². The minimum atomic E-state index is -5.49. The molecule has 0 radical (unpaired) electrons. The Labute approximate surface area is 401 Å². The van der Waals surface area contributed by atoms with E-state index in [-0.39, 0.29) is 37.9 Å². The number of aliphatic hydroxyl groups excluding tert-OH is 4. The predicted octanol–water partition coefficient (Wildman–Crippen LogP) is 7.02. The maximum Gasteiger partial charge on any atom is 0.481 e. The van der Waals surface area contributed by atoms with Crippen molar-refractivity contribution in [3.63, 3.8) is 0 Å². The van der Waals surface area contributed by atoms with Crippen molar-refractivity contribution in [3.8, 4) is 0 Å². The number of ether oxygens (including phenoxy) is 3. The number of anilines is 1. The van der Waals surface area contributed by atoms with Crippen LogP contribution in [0.1, 0.15) is 155 Å². The highest BCUT2D eigenvalue weighted by molar-refractivity contribution is 7.61. The van der Waals surface area contributed by atoms with Crippen LogP contribution in [0.25, 0.3) is 0 Å². The molecule has 68 heavy (non-hydrogen) atoms. The lowest BCUT2D eigenvalue weighted by molar-refractivity contribution is -0.161. The molecule has 4 unspecified atom stereocenters. The summed E-state index contributed by atoms with van der Waals surface area (Å²) in [6.45, 7) is 4.06. The first kappa shape index (κ1) is 61.0. The first-order chi connectivity index (χ1) is 32.3. The Morgan fingerprint density at radius 2 is 1.41 bits per heavy atom. The van der Waals surface area contributed by atoms with Gasteiger partial charge < -0.3 is 50.2 Å². The van der Waals surface area contributed by atoms with Gasteiger partial charge in [0.15, 0.2) is 12.3 Å². The van der Waals surface area contributed by atoms with E-state index >= 15 is 0 Å². The van der Waals surface area contributed by atoms with Gasteiger partial charge in [-0.05, 0) is 63.4 Å². The minimum Gasteiger partial charge on any atom is -0.462 e. The van der Waals surface area contributed by atoms with E-state index in [2.05, 4.69) is 48.3 Å². The molecule has 0 saturated carbocycles. The zero-order valence-corrected chi connectivity index (χ0v) is 41.8. The molecule has 0 amide bonds. The monoisotopic (exact) mass is 1010 g/mol. The first-order valence-corrected chi connectivity index (χ1v) is 27.0. The van der Waals surface area contributed by atoms with Gasteiger partial charge in [-0.3, -0.25) is 23.2 Å². The van der Waals surface area contributed by atoms with Crippen molar-refractivity contribution in [2.45, 2.75) is 192 Å². The van der Waals surface area contributed by atoms with Crippen molar-refractivity contribution in [1.29, 1.82) is 0 Å². The summed E-state index contributed by atoms with van der Waals surface area (Å²) in [5.41, 5.74) is 4.55. The van der Waals surface area contributed by atoms with Crippen LogP contribution in [-0.4, -0.2) is 108 Å². The van der Waals surface area contributed by atoms with Crippen LogP contribution in [0.3, 0.4) is 0 Å². The molecule has 1 saturated heterocycles. The van der Waals surface area contributed by atoms with Gasteiger partial charge in [0.2, 0.25) is 0 Å². The molecule has 9 atom stereocenters. The van der Waals surface area contributed by atoms with Gasteiger partial charge in [0.25, 0.3) is 0 Å². The molecule has 390 valence electrons. The molecule has 22 heteroatoms. The normalized spacial score (nSPS) is 20.8. The molecule has 0 aromatic carbocycles. The number of unbranched alkanes of at least 4 members (excludes halogenated alkanes) is 10. The van der Waals surface area contributed by atoms with E-state index in [0.29, 0.717) is 18.8 Å². The van der Waals surface area contributed by atoms with E-state index in [4.69, 9.17) is 29.0 Å². The number of phosphoric acid groups is 2. The Balaban J connectivity index is 1.89. The van der Waals surface area contributed by atoms with Crippen LogP contribution in [-0.2, 0) is 46.3 Å². The highest BCUT2D eigenvalue weighted by Crippen LogP contribution is 2.60. The maximum absolute atomic E-state index is 12.9. The SMILES string of the molecule is CCCCC/C=C\C/C=C\C/C=C\CC(O)C(O)CCCC(=O)O[C@H](COC(=O)CCCCCCCCCCC(C)C)COP(=O)(O)OP(=O)(O)OC[C@H]1O[C@@H](n2ccc(N)nc2=O)[C@H](O)[C@@H]1O. The van der Waals surface area contributed by atoms with Gasteiger partial charge in [0, 0.05) is 19.0 Å². The fourth-order valence-corrected chi connectivity index (χ4v) is 9.06. The summed E-state index contributed by atoms with van der Waals surface area (Å²) in [4.78, 5) is 61.8. The molecule has 20 nitrogen and oxygen atoms in total. The molecule has 1 aliphatic heterocycles.